The predicted octanol–water partition coefficient (Wildman–Crippen LogP) is 6.85. The number of nitrogens with one attached hydrogen (secondary N) is 1. The number of hydrogen-bond acceptors (Lipinski definition) is 3. The smallest absolute Gasteiger partial charge is 0.173 e. The SMILES string of the molecule is Fc1ccc(-c2nn(-c3ccccc3)cc2CN(C[C@H]2CCCO2)C(=S)Nc2ccc(F)c(Cl)c2)cc1. The fraction of sp³-hybridized carbons (Fsp3) is 0.214. The zero-order valence-corrected chi connectivity index (χ0v) is 21.5. The molecule has 0 bridgehead atoms. The quantitative estimate of drug-likeness (QED) is 0.261. The van der Waals surface area contributed by atoms with E-state index >= 15 is 0 Å². The third kappa shape index (κ3) is 6.15. The van der Waals surface area contributed by atoms with Crippen LogP contribution in [-0.2, 0) is 11.3 Å². The largest absolute Gasteiger partial charge is 0.376 e. The molecule has 9 heteroatoms. The van der Waals surface area contributed by atoms with Crippen LogP contribution in [0.5, 0.6) is 0 Å². The van der Waals surface area contributed by atoms with Gasteiger partial charge in [0, 0.05) is 42.7 Å². The number of nitrogens with zero attached hydrogens (tertiary/aromatic N) is 3. The van der Waals surface area contributed by atoms with Gasteiger partial charge in [-0.05, 0) is 79.7 Å². The molecule has 190 valence electrons. The first kappa shape index (κ1) is 25.3. The summed E-state index contributed by atoms with van der Waals surface area (Å²) in [4.78, 5) is 2.02. The van der Waals surface area contributed by atoms with Gasteiger partial charge in [-0.25, -0.2) is 13.5 Å². The summed E-state index contributed by atoms with van der Waals surface area (Å²) in [6.45, 7) is 1.72. The van der Waals surface area contributed by atoms with Gasteiger partial charge in [-0.2, -0.15) is 5.10 Å². The van der Waals surface area contributed by atoms with Crippen LogP contribution in [-0.4, -0.2) is 39.0 Å². The van der Waals surface area contributed by atoms with Crippen molar-refractivity contribution >= 4 is 34.6 Å². The molecule has 0 unspecified atom stereocenters. The normalized spacial score (nSPS) is 15.1. The van der Waals surface area contributed by atoms with E-state index in [1.807, 2.05) is 46.1 Å². The first-order valence-corrected chi connectivity index (χ1v) is 12.8. The van der Waals surface area contributed by atoms with Crippen LogP contribution in [0.25, 0.3) is 16.9 Å². The lowest BCUT2D eigenvalue weighted by Crippen LogP contribution is -2.39. The average molecular weight is 539 g/mol. The first-order valence-electron chi connectivity index (χ1n) is 12.0. The monoisotopic (exact) mass is 538 g/mol. The van der Waals surface area contributed by atoms with Gasteiger partial charge in [-0.15, -0.1) is 0 Å². The number of ether oxygens (including phenoxy) is 1. The number of thiocarbonyl (C=S) groups is 1. The molecule has 1 saturated heterocycles. The van der Waals surface area contributed by atoms with E-state index in [1.165, 1.54) is 24.3 Å². The van der Waals surface area contributed by atoms with Gasteiger partial charge in [-0.3, -0.25) is 0 Å². The zero-order chi connectivity index (χ0) is 25.8. The molecular formula is C28H25ClF2N4OS. The Hall–Kier alpha value is -3.33. The minimum Gasteiger partial charge on any atom is -0.376 e. The fourth-order valence-corrected chi connectivity index (χ4v) is 4.76. The summed E-state index contributed by atoms with van der Waals surface area (Å²) in [5.41, 5.74) is 3.94. The number of anilines is 1. The Morgan fingerprint density at radius 2 is 1.89 bits per heavy atom. The molecule has 2 heterocycles. The van der Waals surface area contributed by atoms with E-state index in [1.54, 1.807) is 18.2 Å². The van der Waals surface area contributed by atoms with Crippen molar-refractivity contribution in [1.29, 1.82) is 0 Å². The van der Waals surface area contributed by atoms with Crippen molar-refractivity contribution < 1.29 is 13.5 Å². The van der Waals surface area contributed by atoms with Gasteiger partial charge in [-0.1, -0.05) is 29.8 Å². The van der Waals surface area contributed by atoms with Crippen LogP contribution in [0.3, 0.4) is 0 Å². The molecule has 3 aromatic carbocycles. The van der Waals surface area contributed by atoms with Gasteiger partial charge >= 0.3 is 0 Å². The van der Waals surface area contributed by atoms with Crippen molar-refractivity contribution in [2.24, 2.45) is 0 Å². The van der Waals surface area contributed by atoms with Crippen LogP contribution in [0.1, 0.15) is 18.4 Å². The molecule has 0 spiro atoms. The van der Waals surface area contributed by atoms with Gasteiger partial charge in [0.1, 0.15) is 11.6 Å². The van der Waals surface area contributed by atoms with Crippen molar-refractivity contribution in [1.82, 2.24) is 14.7 Å². The van der Waals surface area contributed by atoms with E-state index in [0.717, 1.165) is 42.0 Å². The maximum absolute atomic E-state index is 13.7. The van der Waals surface area contributed by atoms with Crippen LogP contribution < -0.4 is 5.32 Å². The molecule has 1 atom stereocenters. The van der Waals surface area contributed by atoms with E-state index in [4.69, 9.17) is 33.7 Å². The summed E-state index contributed by atoms with van der Waals surface area (Å²) < 4.78 is 35.1. The molecule has 1 N–H and O–H groups in total. The molecule has 4 aromatic rings. The fourth-order valence-electron chi connectivity index (χ4n) is 4.32. The second-order valence-corrected chi connectivity index (χ2v) is 9.66. The van der Waals surface area contributed by atoms with E-state index in [0.29, 0.717) is 23.9 Å². The molecule has 0 saturated carbocycles. The lowest BCUT2D eigenvalue weighted by atomic mass is 10.1. The number of aromatic nitrogens is 2. The van der Waals surface area contributed by atoms with Gasteiger partial charge < -0.3 is 15.0 Å². The van der Waals surface area contributed by atoms with Crippen LogP contribution in [0.4, 0.5) is 14.5 Å². The molecule has 1 aliphatic rings. The van der Waals surface area contributed by atoms with Crippen molar-refractivity contribution in [3.63, 3.8) is 0 Å². The van der Waals surface area contributed by atoms with Crippen molar-refractivity contribution in [2.45, 2.75) is 25.5 Å². The molecular weight excluding hydrogens is 514 g/mol. The molecule has 1 aliphatic heterocycles. The third-order valence-electron chi connectivity index (χ3n) is 6.20. The second kappa shape index (κ2) is 11.4. The van der Waals surface area contributed by atoms with E-state index < -0.39 is 5.82 Å². The van der Waals surface area contributed by atoms with E-state index in [2.05, 4.69) is 5.32 Å². The lowest BCUT2D eigenvalue weighted by Gasteiger charge is -2.28. The minimum atomic E-state index is -0.494. The van der Waals surface area contributed by atoms with E-state index in [9.17, 15) is 8.78 Å². The van der Waals surface area contributed by atoms with Crippen molar-refractivity contribution in [3.05, 3.63) is 101 Å². The Bertz CT molecular complexity index is 1370. The Balaban J connectivity index is 1.48. The van der Waals surface area contributed by atoms with Crippen molar-refractivity contribution in [3.8, 4) is 16.9 Å². The molecule has 37 heavy (non-hydrogen) atoms. The first-order chi connectivity index (χ1) is 18.0. The summed E-state index contributed by atoms with van der Waals surface area (Å²) in [6, 6.07) is 20.5. The van der Waals surface area contributed by atoms with Gasteiger partial charge in [0.25, 0.3) is 0 Å². The number of benzene rings is 3. The zero-order valence-electron chi connectivity index (χ0n) is 19.9. The highest BCUT2D eigenvalue weighted by molar-refractivity contribution is 7.80. The van der Waals surface area contributed by atoms with E-state index in [-0.39, 0.29) is 16.9 Å². The topological polar surface area (TPSA) is 42.3 Å². The maximum atomic E-state index is 13.7. The summed E-state index contributed by atoms with van der Waals surface area (Å²) >= 11 is 11.8. The number of hydrogen-bond donors (Lipinski definition) is 1. The van der Waals surface area contributed by atoms with Crippen LogP contribution >= 0.6 is 23.8 Å². The highest BCUT2D eigenvalue weighted by atomic mass is 35.5. The molecule has 0 aliphatic carbocycles. The Labute approximate surface area is 224 Å². The number of rotatable bonds is 7. The second-order valence-electron chi connectivity index (χ2n) is 8.86. The summed E-state index contributed by atoms with van der Waals surface area (Å²) in [6.07, 6.45) is 3.94. The summed E-state index contributed by atoms with van der Waals surface area (Å²) in [5.74, 6) is -0.803. The van der Waals surface area contributed by atoms with Crippen LogP contribution in [0.2, 0.25) is 5.02 Å². The third-order valence-corrected chi connectivity index (χ3v) is 6.85. The minimum absolute atomic E-state index is 0.0150. The summed E-state index contributed by atoms with van der Waals surface area (Å²) in [7, 11) is 0. The predicted molar refractivity (Wildman–Crippen MR) is 146 cm³/mol. The lowest BCUT2D eigenvalue weighted by molar-refractivity contribution is 0.0905. The van der Waals surface area contributed by atoms with Gasteiger partial charge in [0.05, 0.1) is 22.5 Å². The Kier molecular flexibility index (Phi) is 7.79. The van der Waals surface area contributed by atoms with Crippen LogP contribution in [0, 0.1) is 11.6 Å². The Morgan fingerprint density at radius 3 is 2.59 bits per heavy atom. The molecule has 5 rings (SSSR count). The molecule has 1 fully saturated rings. The number of para-hydroxylation sites is 1. The van der Waals surface area contributed by atoms with Gasteiger partial charge in [0.2, 0.25) is 0 Å². The standard InChI is InChI=1S/C28H25ClF2N4OS/c29-25-15-22(12-13-26(25)31)32-28(37)34(18-24-7-4-14-36-24)16-20-17-35(23-5-2-1-3-6-23)33-27(20)19-8-10-21(30)11-9-19/h1-3,5-6,8-13,15,17,24H,4,7,14,16,18H2,(H,32,37)/t24-/m1/s1. The molecule has 5 nitrogen and oxygen atoms in total. The summed E-state index contributed by atoms with van der Waals surface area (Å²) in [5, 5.41) is 8.50. The van der Waals surface area contributed by atoms with Crippen LogP contribution in [0.15, 0.2) is 79.0 Å². The molecule has 1 aromatic heterocycles. The molecule has 0 amide bonds. The average Bonchev–Trinajstić information content (AvgIpc) is 3.57. The van der Waals surface area contributed by atoms with Crippen molar-refractivity contribution in [2.75, 3.05) is 18.5 Å². The molecule has 0 radical (unpaired) electrons. The Morgan fingerprint density at radius 1 is 1.11 bits per heavy atom. The highest BCUT2D eigenvalue weighted by Gasteiger charge is 2.24. The highest BCUT2D eigenvalue weighted by Crippen LogP contribution is 2.27. The number of halogens is 3. The van der Waals surface area contributed by atoms with Gasteiger partial charge in [0.15, 0.2) is 5.11 Å². The maximum Gasteiger partial charge on any atom is 0.173 e.